The number of nitrogens with one attached hydrogen (secondary N) is 1. The predicted octanol–water partition coefficient (Wildman–Crippen LogP) is 2.83. The van der Waals surface area contributed by atoms with Crippen LogP contribution in [0.1, 0.15) is 50.2 Å². The van der Waals surface area contributed by atoms with Crippen LogP contribution in [0.3, 0.4) is 0 Å². The van der Waals surface area contributed by atoms with E-state index < -0.39 is 0 Å². The van der Waals surface area contributed by atoms with E-state index >= 15 is 0 Å². The van der Waals surface area contributed by atoms with Crippen molar-refractivity contribution >= 4 is 11.7 Å². The Morgan fingerprint density at radius 1 is 1.42 bits per heavy atom. The number of hydrogen-bond acceptors (Lipinski definition) is 3. The molecule has 4 heteroatoms. The average Bonchev–Trinajstić information content (AvgIpc) is 2.40. The summed E-state index contributed by atoms with van der Waals surface area (Å²) in [6.07, 6.45) is 8.20. The minimum Gasteiger partial charge on any atom is -0.384 e. The first kappa shape index (κ1) is 13.8. The summed E-state index contributed by atoms with van der Waals surface area (Å²) in [6, 6.07) is 2.47. The van der Waals surface area contributed by atoms with Crippen molar-refractivity contribution in [2.75, 3.05) is 11.4 Å². The van der Waals surface area contributed by atoms with Crippen LogP contribution in [-0.4, -0.2) is 23.4 Å². The molecule has 2 rings (SSSR count). The van der Waals surface area contributed by atoms with Gasteiger partial charge >= 0.3 is 0 Å². The van der Waals surface area contributed by atoms with Gasteiger partial charge in [-0.2, -0.15) is 0 Å². The highest BCUT2D eigenvalue weighted by Crippen LogP contribution is 2.29. The molecule has 1 saturated carbocycles. The lowest BCUT2D eigenvalue weighted by atomic mass is 9.93. The molecule has 1 aromatic heterocycles. The molecule has 1 aliphatic rings. The quantitative estimate of drug-likeness (QED) is 0.646. The molecule has 0 unspecified atom stereocenters. The topological polar surface area (TPSA) is 66.0 Å². The molecule has 1 fully saturated rings. The first-order valence-electron chi connectivity index (χ1n) is 7.21. The summed E-state index contributed by atoms with van der Waals surface area (Å²) < 4.78 is 0. The van der Waals surface area contributed by atoms with Crippen molar-refractivity contribution in [1.82, 2.24) is 4.98 Å². The van der Waals surface area contributed by atoms with Crippen molar-refractivity contribution in [2.24, 2.45) is 5.73 Å². The lowest BCUT2D eigenvalue weighted by Crippen LogP contribution is -2.38. The zero-order chi connectivity index (χ0) is 13.8. The molecule has 19 heavy (non-hydrogen) atoms. The number of rotatable bonds is 4. The van der Waals surface area contributed by atoms with Crippen molar-refractivity contribution in [3.8, 4) is 0 Å². The third-order valence-electron chi connectivity index (χ3n) is 4.04. The Morgan fingerprint density at radius 2 is 2.11 bits per heavy atom. The second-order valence-electron chi connectivity index (χ2n) is 5.32. The minimum absolute atomic E-state index is 0.120. The van der Waals surface area contributed by atoms with E-state index in [-0.39, 0.29) is 5.84 Å². The Labute approximate surface area is 115 Å². The van der Waals surface area contributed by atoms with Gasteiger partial charge in [0.1, 0.15) is 11.7 Å². The van der Waals surface area contributed by atoms with Crippen LogP contribution >= 0.6 is 0 Å². The standard InChI is InChI=1S/C15H24N4/c1-3-19(12-7-5-4-6-8-12)15-13(14(16)17)11(2)9-10-18-15/h9-10,12H,3-8H2,1-2H3,(H3,16,17). The van der Waals surface area contributed by atoms with E-state index in [4.69, 9.17) is 11.1 Å². The molecule has 1 heterocycles. The summed E-state index contributed by atoms with van der Waals surface area (Å²) in [5, 5.41) is 7.81. The lowest BCUT2D eigenvalue weighted by molar-refractivity contribution is 0.416. The number of hydrogen-bond donors (Lipinski definition) is 2. The summed E-state index contributed by atoms with van der Waals surface area (Å²) in [5.41, 5.74) is 7.59. The summed E-state index contributed by atoms with van der Waals surface area (Å²) in [7, 11) is 0. The summed E-state index contributed by atoms with van der Waals surface area (Å²) >= 11 is 0. The highest BCUT2D eigenvalue weighted by Gasteiger charge is 2.24. The van der Waals surface area contributed by atoms with Crippen molar-refractivity contribution in [3.05, 3.63) is 23.4 Å². The molecule has 0 radical (unpaired) electrons. The second-order valence-corrected chi connectivity index (χ2v) is 5.32. The molecule has 0 aromatic carbocycles. The molecule has 3 N–H and O–H groups in total. The number of nitrogens with zero attached hydrogens (tertiary/aromatic N) is 2. The van der Waals surface area contributed by atoms with E-state index in [1.54, 1.807) is 0 Å². The maximum atomic E-state index is 7.81. The summed E-state index contributed by atoms with van der Waals surface area (Å²) in [4.78, 5) is 6.85. The molecule has 0 spiro atoms. The number of nitrogen functional groups attached to an aromatic ring is 1. The molecule has 0 amide bonds. The van der Waals surface area contributed by atoms with Gasteiger partial charge in [-0.25, -0.2) is 4.98 Å². The van der Waals surface area contributed by atoms with E-state index in [9.17, 15) is 0 Å². The predicted molar refractivity (Wildman–Crippen MR) is 79.9 cm³/mol. The average molecular weight is 260 g/mol. The van der Waals surface area contributed by atoms with E-state index in [0.29, 0.717) is 6.04 Å². The van der Waals surface area contributed by atoms with Crippen LogP contribution in [0.5, 0.6) is 0 Å². The van der Waals surface area contributed by atoms with Gasteiger partial charge in [-0.05, 0) is 38.3 Å². The monoisotopic (exact) mass is 260 g/mol. The van der Waals surface area contributed by atoms with Gasteiger partial charge < -0.3 is 10.6 Å². The Bertz CT molecular complexity index is 449. The van der Waals surface area contributed by atoms with Crippen molar-refractivity contribution in [2.45, 2.75) is 52.0 Å². The molecular weight excluding hydrogens is 236 g/mol. The molecule has 1 aliphatic carbocycles. The summed E-state index contributed by atoms with van der Waals surface area (Å²) in [5.74, 6) is 1.01. The van der Waals surface area contributed by atoms with Gasteiger partial charge in [0.05, 0.1) is 5.56 Å². The van der Waals surface area contributed by atoms with Gasteiger partial charge in [-0.15, -0.1) is 0 Å². The summed E-state index contributed by atoms with van der Waals surface area (Å²) in [6.45, 7) is 5.07. The molecule has 4 nitrogen and oxygen atoms in total. The smallest absolute Gasteiger partial charge is 0.140 e. The Hall–Kier alpha value is -1.58. The third-order valence-corrected chi connectivity index (χ3v) is 4.04. The van der Waals surface area contributed by atoms with Crippen LogP contribution in [0.15, 0.2) is 12.3 Å². The fourth-order valence-corrected chi connectivity index (χ4v) is 3.07. The fraction of sp³-hybridized carbons (Fsp3) is 0.600. The molecule has 1 aromatic rings. The van der Waals surface area contributed by atoms with Crippen LogP contribution in [-0.2, 0) is 0 Å². The second kappa shape index (κ2) is 6.04. The SMILES string of the molecule is CCN(c1nccc(C)c1C(=N)N)C1CCCCC1. The zero-order valence-corrected chi connectivity index (χ0v) is 11.9. The van der Waals surface area contributed by atoms with Crippen LogP contribution in [0.25, 0.3) is 0 Å². The Morgan fingerprint density at radius 3 is 2.68 bits per heavy atom. The van der Waals surface area contributed by atoms with Gasteiger partial charge in [0.25, 0.3) is 0 Å². The molecule has 0 bridgehead atoms. The van der Waals surface area contributed by atoms with Crippen molar-refractivity contribution in [3.63, 3.8) is 0 Å². The van der Waals surface area contributed by atoms with Crippen LogP contribution in [0.2, 0.25) is 0 Å². The fourth-order valence-electron chi connectivity index (χ4n) is 3.07. The lowest BCUT2D eigenvalue weighted by Gasteiger charge is -2.35. The zero-order valence-electron chi connectivity index (χ0n) is 11.9. The third kappa shape index (κ3) is 2.88. The number of aryl methyl sites for hydroxylation is 1. The number of aromatic nitrogens is 1. The van der Waals surface area contributed by atoms with Crippen LogP contribution < -0.4 is 10.6 Å². The number of nitrogens with two attached hydrogens (primary N) is 1. The van der Waals surface area contributed by atoms with Gasteiger partial charge in [-0.1, -0.05) is 19.3 Å². The molecule has 0 saturated heterocycles. The number of pyridine rings is 1. The normalized spacial score (nSPS) is 16.3. The van der Waals surface area contributed by atoms with Crippen LogP contribution in [0.4, 0.5) is 5.82 Å². The number of amidine groups is 1. The first-order valence-corrected chi connectivity index (χ1v) is 7.21. The van der Waals surface area contributed by atoms with Gasteiger partial charge in [0.15, 0.2) is 0 Å². The van der Waals surface area contributed by atoms with Gasteiger partial charge in [-0.3, -0.25) is 5.41 Å². The van der Waals surface area contributed by atoms with E-state index in [1.807, 2.05) is 19.2 Å². The largest absolute Gasteiger partial charge is 0.384 e. The van der Waals surface area contributed by atoms with E-state index in [1.165, 1.54) is 32.1 Å². The maximum absolute atomic E-state index is 7.81. The number of anilines is 1. The van der Waals surface area contributed by atoms with Crippen molar-refractivity contribution < 1.29 is 0 Å². The molecule has 104 valence electrons. The molecule has 0 aliphatic heterocycles. The highest BCUT2D eigenvalue weighted by molar-refractivity contribution is 6.01. The van der Waals surface area contributed by atoms with Gasteiger partial charge in [0, 0.05) is 18.8 Å². The van der Waals surface area contributed by atoms with Gasteiger partial charge in [0.2, 0.25) is 0 Å². The van der Waals surface area contributed by atoms with E-state index in [0.717, 1.165) is 23.5 Å². The maximum Gasteiger partial charge on any atom is 0.140 e. The Balaban J connectivity index is 2.37. The molecule has 0 atom stereocenters. The van der Waals surface area contributed by atoms with E-state index in [2.05, 4.69) is 16.8 Å². The highest BCUT2D eigenvalue weighted by atomic mass is 15.2. The van der Waals surface area contributed by atoms with Crippen LogP contribution in [0, 0.1) is 12.3 Å². The molecular formula is C15H24N4. The minimum atomic E-state index is 0.120. The first-order chi connectivity index (χ1) is 9.15. The van der Waals surface area contributed by atoms with Crippen molar-refractivity contribution in [1.29, 1.82) is 5.41 Å². The Kier molecular flexibility index (Phi) is 4.40.